The van der Waals surface area contributed by atoms with E-state index in [-0.39, 0.29) is 0 Å². The fourth-order valence-corrected chi connectivity index (χ4v) is 4.01. The minimum atomic E-state index is -1.07. The molecule has 130 valence electrons. The van der Waals surface area contributed by atoms with Gasteiger partial charge < -0.3 is 0 Å². The number of alkyl halides is 1. The number of hydrogen-bond acceptors (Lipinski definition) is 0. The third-order valence-electron chi connectivity index (χ3n) is 5.62. The van der Waals surface area contributed by atoms with Gasteiger partial charge in [-0.25, -0.2) is 4.39 Å². The first kappa shape index (κ1) is 18.5. The fraction of sp³-hybridized carbons (Fsp3) is 0.727. The molecule has 2 rings (SSSR count). The molecule has 1 aliphatic carbocycles. The van der Waals surface area contributed by atoms with Crippen molar-refractivity contribution >= 4 is 0 Å². The van der Waals surface area contributed by atoms with Gasteiger partial charge in [-0.05, 0) is 49.1 Å². The molecule has 1 aromatic rings. The molecule has 0 spiro atoms. The molecule has 0 saturated heterocycles. The highest BCUT2D eigenvalue weighted by molar-refractivity contribution is 5.28. The molecule has 0 nitrogen and oxygen atoms in total. The fourth-order valence-electron chi connectivity index (χ4n) is 4.01. The molecule has 1 fully saturated rings. The van der Waals surface area contributed by atoms with Crippen LogP contribution in [0.1, 0.15) is 95.6 Å². The molecule has 1 aromatic carbocycles. The van der Waals surface area contributed by atoms with E-state index in [1.165, 1.54) is 44.1 Å². The molecule has 1 saturated carbocycles. The molecule has 0 bridgehead atoms. The van der Waals surface area contributed by atoms with Gasteiger partial charge in [0.25, 0.3) is 0 Å². The van der Waals surface area contributed by atoms with Gasteiger partial charge in [-0.15, -0.1) is 0 Å². The van der Waals surface area contributed by atoms with E-state index in [0.29, 0.717) is 0 Å². The summed E-state index contributed by atoms with van der Waals surface area (Å²) in [6.07, 6.45) is 13.9. The van der Waals surface area contributed by atoms with Crippen molar-refractivity contribution in [2.75, 3.05) is 0 Å². The van der Waals surface area contributed by atoms with Crippen LogP contribution in [0.4, 0.5) is 4.39 Å². The van der Waals surface area contributed by atoms with Crippen molar-refractivity contribution in [3.05, 3.63) is 35.4 Å². The molecule has 0 aliphatic heterocycles. The summed E-state index contributed by atoms with van der Waals surface area (Å²) in [5.41, 5.74) is 1.18. The summed E-state index contributed by atoms with van der Waals surface area (Å²) in [4.78, 5) is 0. The second kappa shape index (κ2) is 9.45. The smallest absolute Gasteiger partial charge is 0.136 e. The summed E-state index contributed by atoms with van der Waals surface area (Å²) < 4.78 is 15.3. The van der Waals surface area contributed by atoms with Crippen LogP contribution in [-0.2, 0) is 12.1 Å². The Labute approximate surface area is 142 Å². The van der Waals surface area contributed by atoms with E-state index < -0.39 is 5.67 Å². The van der Waals surface area contributed by atoms with Gasteiger partial charge in [0, 0.05) is 0 Å². The average molecular weight is 319 g/mol. The van der Waals surface area contributed by atoms with Crippen molar-refractivity contribution in [1.82, 2.24) is 0 Å². The van der Waals surface area contributed by atoms with E-state index in [9.17, 15) is 0 Å². The Morgan fingerprint density at radius 1 is 0.913 bits per heavy atom. The van der Waals surface area contributed by atoms with Gasteiger partial charge in [0.2, 0.25) is 0 Å². The van der Waals surface area contributed by atoms with Crippen molar-refractivity contribution in [1.29, 1.82) is 0 Å². The molecule has 0 N–H and O–H groups in total. The largest absolute Gasteiger partial charge is 0.239 e. The maximum Gasteiger partial charge on any atom is 0.136 e. The number of hydrogen-bond donors (Lipinski definition) is 0. The van der Waals surface area contributed by atoms with Crippen LogP contribution in [0.2, 0.25) is 0 Å². The van der Waals surface area contributed by atoms with Crippen LogP contribution in [0.15, 0.2) is 24.3 Å². The Morgan fingerprint density at radius 3 is 2.17 bits per heavy atom. The van der Waals surface area contributed by atoms with Gasteiger partial charge in [0.05, 0.1) is 0 Å². The van der Waals surface area contributed by atoms with Crippen LogP contribution in [0.3, 0.4) is 0 Å². The molecule has 1 aliphatic rings. The van der Waals surface area contributed by atoms with Crippen LogP contribution in [0, 0.1) is 5.92 Å². The zero-order valence-corrected chi connectivity index (χ0v) is 15.2. The molecule has 0 amide bonds. The molecule has 0 unspecified atom stereocenters. The highest BCUT2D eigenvalue weighted by Gasteiger charge is 2.36. The summed E-state index contributed by atoms with van der Waals surface area (Å²) in [5.74, 6) is 0.764. The third-order valence-corrected chi connectivity index (χ3v) is 5.62. The summed E-state index contributed by atoms with van der Waals surface area (Å²) in [5, 5.41) is 0. The lowest BCUT2D eigenvalue weighted by Gasteiger charge is -2.34. The average Bonchev–Trinajstić information content (AvgIpc) is 2.57. The molecule has 0 radical (unpaired) electrons. The van der Waals surface area contributed by atoms with Crippen molar-refractivity contribution in [2.45, 2.75) is 96.6 Å². The maximum absolute atomic E-state index is 15.3. The first-order valence-electron chi connectivity index (χ1n) is 9.96. The van der Waals surface area contributed by atoms with E-state index in [1.807, 2.05) is 12.1 Å². The minimum Gasteiger partial charge on any atom is -0.239 e. The van der Waals surface area contributed by atoms with Gasteiger partial charge in [0.15, 0.2) is 0 Å². The monoisotopic (exact) mass is 318 g/mol. The standard InChI is InChI=1S/C22H35F/c1-3-5-6-7-8-10-20-15-17-22(23,18-16-20)21-13-11-19(9-4-2)12-14-21/h11-14,20H,3-10,15-18H2,1-2H3. The zero-order chi connectivity index (χ0) is 16.5. The topological polar surface area (TPSA) is 0 Å². The van der Waals surface area contributed by atoms with E-state index in [1.54, 1.807) is 0 Å². The molecule has 23 heavy (non-hydrogen) atoms. The van der Waals surface area contributed by atoms with Crippen molar-refractivity contribution in [3.8, 4) is 0 Å². The number of benzene rings is 1. The Bertz CT molecular complexity index is 426. The lowest BCUT2D eigenvalue weighted by molar-refractivity contribution is 0.0787. The predicted molar refractivity (Wildman–Crippen MR) is 98.6 cm³/mol. The van der Waals surface area contributed by atoms with E-state index in [4.69, 9.17) is 0 Å². The Balaban J connectivity index is 1.77. The molecule has 0 aromatic heterocycles. The minimum absolute atomic E-state index is 0.722. The second-order valence-electron chi connectivity index (χ2n) is 7.56. The van der Waals surface area contributed by atoms with E-state index in [2.05, 4.69) is 26.0 Å². The number of rotatable bonds is 9. The number of halogens is 1. The summed E-state index contributed by atoms with van der Waals surface area (Å²) in [7, 11) is 0. The van der Waals surface area contributed by atoms with Gasteiger partial charge in [-0.3, -0.25) is 0 Å². The predicted octanol–water partition coefficient (Wildman–Crippen LogP) is 7.35. The van der Waals surface area contributed by atoms with Crippen LogP contribution in [0.25, 0.3) is 0 Å². The molecule has 0 atom stereocenters. The van der Waals surface area contributed by atoms with Crippen molar-refractivity contribution in [2.24, 2.45) is 5.92 Å². The van der Waals surface area contributed by atoms with E-state index >= 15 is 4.39 Å². The van der Waals surface area contributed by atoms with Crippen molar-refractivity contribution < 1.29 is 4.39 Å². The lowest BCUT2D eigenvalue weighted by atomic mass is 9.75. The molecular formula is C22H35F. The first-order chi connectivity index (χ1) is 11.2. The third kappa shape index (κ3) is 5.62. The highest BCUT2D eigenvalue weighted by atomic mass is 19.1. The summed E-state index contributed by atoms with van der Waals surface area (Å²) in [6.45, 7) is 4.45. The zero-order valence-electron chi connectivity index (χ0n) is 15.2. The SMILES string of the molecule is CCCCCCCC1CCC(F)(c2ccc(CCC)cc2)CC1. The maximum atomic E-state index is 15.3. The molecule has 0 heterocycles. The summed E-state index contributed by atoms with van der Waals surface area (Å²) in [6, 6.07) is 8.33. The van der Waals surface area contributed by atoms with E-state index in [0.717, 1.165) is 50.0 Å². The molecular weight excluding hydrogens is 283 g/mol. The van der Waals surface area contributed by atoms with Crippen LogP contribution in [0.5, 0.6) is 0 Å². The first-order valence-corrected chi connectivity index (χ1v) is 9.96. The van der Waals surface area contributed by atoms with Crippen LogP contribution < -0.4 is 0 Å². The Hall–Kier alpha value is -0.850. The van der Waals surface area contributed by atoms with Gasteiger partial charge in [-0.2, -0.15) is 0 Å². The van der Waals surface area contributed by atoms with Crippen molar-refractivity contribution in [3.63, 3.8) is 0 Å². The lowest BCUT2D eigenvalue weighted by Crippen LogP contribution is -2.27. The normalized spacial score (nSPS) is 24.7. The second-order valence-corrected chi connectivity index (χ2v) is 7.56. The number of aryl methyl sites for hydroxylation is 1. The Morgan fingerprint density at radius 2 is 1.57 bits per heavy atom. The number of unbranched alkanes of at least 4 members (excludes halogenated alkanes) is 4. The summed E-state index contributed by atoms with van der Waals surface area (Å²) >= 11 is 0. The van der Waals surface area contributed by atoms with Gasteiger partial charge in [-0.1, -0.05) is 83.1 Å². The van der Waals surface area contributed by atoms with Crippen LogP contribution >= 0.6 is 0 Å². The van der Waals surface area contributed by atoms with Gasteiger partial charge in [0.1, 0.15) is 5.67 Å². The van der Waals surface area contributed by atoms with Gasteiger partial charge >= 0.3 is 0 Å². The van der Waals surface area contributed by atoms with Crippen LogP contribution in [-0.4, -0.2) is 0 Å². The highest BCUT2D eigenvalue weighted by Crippen LogP contribution is 2.44. The quantitative estimate of drug-likeness (QED) is 0.417. The Kier molecular flexibility index (Phi) is 7.59. The molecule has 1 heteroatoms.